The number of allylic oxidation sites excluding steroid dienone is 2. The van der Waals surface area contributed by atoms with Crippen molar-refractivity contribution in [3.8, 4) is 0 Å². The van der Waals surface area contributed by atoms with Crippen molar-refractivity contribution in [2.24, 2.45) is 10.9 Å². The number of halogens is 1. The molecule has 0 aromatic heterocycles. The second-order valence-electron chi connectivity index (χ2n) is 3.08. The van der Waals surface area contributed by atoms with Gasteiger partial charge in [0.25, 0.3) is 0 Å². The lowest BCUT2D eigenvalue weighted by Crippen LogP contribution is -1.93. The summed E-state index contributed by atoms with van der Waals surface area (Å²) in [5.41, 5.74) is 0. The normalized spacial score (nSPS) is 17.8. The Morgan fingerprint density at radius 1 is 1.69 bits per heavy atom. The van der Waals surface area contributed by atoms with Crippen molar-refractivity contribution in [2.45, 2.75) is 19.8 Å². The maximum Gasteiger partial charge on any atom is 0.205 e. The molecule has 72 valence electrons. The first kappa shape index (κ1) is 10.5. The van der Waals surface area contributed by atoms with E-state index in [-0.39, 0.29) is 0 Å². The zero-order chi connectivity index (χ0) is 9.68. The van der Waals surface area contributed by atoms with E-state index in [9.17, 15) is 0 Å². The van der Waals surface area contributed by atoms with E-state index in [0.29, 0.717) is 5.88 Å². The summed E-state index contributed by atoms with van der Waals surface area (Å²) in [7, 11) is 0. The van der Waals surface area contributed by atoms with Gasteiger partial charge in [0.2, 0.25) is 5.88 Å². The lowest BCUT2D eigenvalue weighted by atomic mass is 10.5. The van der Waals surface area contributed by atoms with Gasteiger partial charge in [-0.1, -0.05) is 6.08 Å². The predicted molar refractivity (Wildman–Crippen MR) is 59.0 cm³/mol. The van der Waals surface area contributed by atoms with E-state index < -0.39 is 0 Å². The van der Waals surface area contributed by atoms with Gasteiger partial charge < -0.3 is 4.74 Å². The van der Waals surface area contributed by atoms with Crippen LogP contribution in [0.2, 0.25) is 0 Å². The lowest BCUT2D eigenvalue weighted by molar-refractivity contribution is 0.199. The van der Waals surface area contributed by atoms with Crippen molar-refractivity contribution in [1.29, 1.82) is 0 Å². The zero-order valence-corrected chi connectivity index (χ0v) is 9.38. The number of aliphatic imine (C=N–C) groups is 1. The van der Waals surface area contributed by atoms with Gasteiger partial charge in [0, 0.05) is 10.7 Å². The molecule has 1 rings (SSSR count). The van der Waals surface area contributed by atoms with Crippen molar-refractivity contribution >= 4 is 22.1 Å². The maximum atomic E-state index is 5.32. The summed E-state index contributed by atoms with van der Waals surface area (Å²) in [5, 5.41) is 0. The van der Waals surface area contributed by atoms with Crippen LogP contribution in [0.25, 0.3) is 0 Å². The number of nitrogens with zero attached hydrogens (tertiary/aromatic N) is 1. The van der Waals surface area contributed by atoms with Gasteiger partial charge in [0.1, 0.15) is 0 Å². The summed E-state index contributed by atoms with van der Waals surface area (Å²) in [6.07, 6.45) is 6.18. The van der Waals surface area contributed by atoms with Gasteiger partial charge in [-0.15, -0.1) is 0 Å². The molecule has 1 aliphatic rings. The molecule has 0 aromatic carbocycles. The molecule has 3 heteroatoms. The number of hydrogen-bond acceptors (Lipinski definition) is 2. The molecule has 0 atom stereocenters. The maximum absolute atomic E-state index is 5.32. The predicted octanol–water partition coefficient (Wildman–Crippen LogP) is 3.25. The summed E-state index contributed by atoms with van der Waals surface area (Å²) in [6, 6.07) is 0. The monoisotopic (exact) mass is 243 g/mol. The molecule has 1 aliphatic carbocycles. The Morgan fingerprint density at radius 3 is 2.92 bits per heavy atom. The Bertz CT molecular complexity index is 241. The van der Waals surface area contributed by atoms with Crippen molar-refractivity contribution in [1.82, 2.24) is 0 Å². The molecule has 0 unspecified atom stereocenters. The van der Waals surface area contributed by atoms with Crippen LogP contribution in [0.5, 0.6) is 0 Å². The molecule has 1 fully saturated rings. The highest BCUT2D eigenvalue weighted by Crippen LogP contribution is 2.29. The van der Waals surface area contributed by atoms with Crippen LogP contribution >= 0.6 is 15.9 Å². The average molecular weight is 244 g/mol. The van der Waals surface area contributed by atoms with E-state index in [4.69, 9.17) is 4.74 Å². The fourth-order valence-electron chi connectivity index (χ4n) is 0.744. The largest absolute Gasteiger partial charge is 0.478 e. The van der Waals surface area contributed by atoms with Crippen molar-refractivity contribution in [3.63, 3.8) is 0 Å². The van der Waals surface area contributed by atoms with Crippen LogP contribution in [-0.4, -0.2) is 12.8 Å². The number of ether oxygens (including phenoxy) is 1. The highest BCUT2D eigenvalue weighted by atomic mass is 79.9. The van der Waals surface area contributed by atoms with Crippen LogP contribution in [-0.2, 0) is 4.74 Å². The van der Waals surface area contributed by atoms with Crippen LogP contribution in [0.1, 0.15) is 19.8 Å². The molecule has 0 amide bonds. The molecule has 0 aliphatic heterocycles. The van der Waals surface area contributed by atoms with Gasteiger partial charge in [0.05, 0.1) is 6.61 Å². The highest BCUT2D eigenvalue weighted by molar-refractivity contribution is 9.12. The highest BCUT2D eigenvalue weighted by Gasteiger charge is 2.21. The summed E-state index contributed by atoms with van der Waals surface area (Å²) in [6.45, 7) is 6.39. The molecule has 2 nitrogen and oxygen atoms in total. The molecular weight excluding hydrogens is 230 g/mol. The van der Waals surface area contributed by atoms with Gasteiger partial charge in [-0.25, -0.2) is 4.99 Å². The first-order valence-electron chi connectivity index (χ1n) is 4.40. The number of rotatable bonds is 5. The Kier molecular flexibility index (Phi) is 4.22. The quantitative estimate of drug-likeness (QED) is 0.537. The summed E-state index contributed by atoms with van der Waals surface area (Å²) in [4.78, 5) is 4.04. The first-order valence-corrected chi connectivity index (χ1v) is 5.19. The third kappa shape index (κ3) is 4.88. The topological polar surface area (TPSA) is 21.6 Å². The van der Waals surface area contributed by atoms with Gasteiger partial charge in [-0.3, -0.25) is 0 Å². The summed E-state index contributed by atoms with van der Waals surface area (Å²) < 4.78 is 6.25. The molecule has 0 aromatic rings. The van der Waals surface area contributed by atoms with E-state index in [1.165, 1.54) is 12.8 Å². The van der Waals surface area contributed by atoms with Gasteiger partial charge in [-0.05, 0) is 48.2 Å². The van der Waals surface area contributed by atoms with Crippen molar-refractivity contribution in [2.75, 3.05) is 6.61 Å². The van der Waals surface area contributed by atoms with Gasteiger partial charge in [0.15, 0.2) is 0 Å². The Hall–Kier alpha value is -0.570. The second kappa shape index (κ2) is 5.22. The van der Waals surface area contributed by atoms with E-state index in [2.05, 4.69) is 27.5 Å². The molecule has 0 radical (unpaired) electrons. The van der Waals surface area contributed by atoms with E-state index in [1.54, 1.807) is 6.21 Å². The molecule has 0 saturated heterocycles. The Balaban J connectivity index is 2.18. The number of hydrogen-bond donors (Lipinski definition) is 0. The van der Waals surface area contributed by atoms with Crippen LogP contribution in [0.15, 0.2) is 28.0 Å². The molecule has 13 heavy (non-hydrogen) atoms. The second-order valence-corrected chi connectivity index (χ2v) is 4.00. The Labute approximate surface area is 87.5 Å². The SMILES string of the molecule is C=C(/N=C\C(Br)=C/C)OCC1CC1. The minimum absolute atomic E-state index is 0.491. The van der Waals surface area contributed by atoms with Crippen molar-refractivity contribution < 1.29 is 4.74 Å². The third-order valence-electron chi connectivity index (χ3n) is 1.79. The van der Waals surface area contributed by atoms with Crippen LogP contribution < -0.4 is 0 Å². The van der Waals surface area contributed by atoms with Crippen molar-refractivity contribution in [3.05, 3.63) is 23.0 Å². The third-order valence-corrected chi connectivity index (χ3v) is 2.45. The summed E-state index contributed by atoms with van der Waals surface area (Å²) in [5.74, 6) is 1.24. The molecular formula is C10H14BrNO. The lowest BCUT2D eigenvalue weighted by Gasteiger charge is -2.01. The first-order chi connectivity index (χ1) is 6.22. The van der Waals surface area contributed by atoms with E-state index in [1.807, 2.05) is 13.0 Å². The molecule has 0 spiro atoms. The minimum atomic E-state index is 0.491. The van der Waals surface area contributed by atoms with Crippen LogP contribution in [0.3, 0.4) is 0 Å². The smallest absolute Gasteiger partial charge is 0.205 e. The van der Waals surface area contributed by atoms with Crippen LogP contribution in [0, 0.1) is 5.92 Å². The Morgan fingerprint density at radius 2 is 2.38 bits per heavy atom. The fraction of sp³-hybridized carbons (Fsp3) is 0.500. The van der Waals surface area contributed by atoms with Gasteiger partial charge in [-0.2, -0.15) is 0 Å². The molecule has 0 heterocycles. The standard InChI is InChI=1S/C10H14BrNO/c1-3-10(11)6-12-8(2)13-7-9-4-5-9/h3,6,9H,2,4-5,7H2,1H3/b10-3+,12-6-. The molecule has 0 bridgehead atoms. The zero-order valence-electron chi connectivity index (χ0n) is 7.79. The van der Waals surface area contributed by atoms with E-state index >= 15 is 0 Å². The van der Waals surface area contributed by atoms with Gasteiger partial charge >= 0.3 is 0 Å². The molecule has 1 saturated carbocycles. The molecule has 0 N–H and O–H groups in total. The van der Waals surface area contributed by atoms with E-state index in [0.717, 1.165) is 17.0 Å². The minimum Gasteiger partial charge on any atom is -0.478 e. The average Bonchev–Trinajstić information content (AvgIpc) is 2.94. The van der Waals surface area contributed by atoms with Crippen LogP contribution in [0.4, 0.5) is 0 Å². The summed E-state index contributed by atoms with van der Waals surface area (Å²) >= 11 is 3.31. The fourth-order valence-corrected chi connectivity index (χ4v) is 0.846.